The fraction of sp³-hybridized carbons (Fsp3) is 0.429. The quantitative estimate of drug-likeness (QED) is 0.716. The second kappa shape index (κ2) is 8.01. The van der Waals surface area contributed by atoms with E-state index >= 15 is 0 Å². The summed E-state index contributed by atoms with van der Waals surface area (Å²) in [7, 11) is 0. The van der Waals surface area contributed by atoms with Gasteiger partial charge in [0.05, 0.1) is 6.10 Å². The van der Waals surface area contributed by atoms with Crippen molar-refractivity contribution >= 4 is 33.4 Å². The fourth-order valence-electron chi connectivity index (χ4n) is 1.50. The summed E-state index contributed by atoms with van der Waals surface area (Å²) >= 11 is 3.36. The van der Waals surface area contributed by atoms with Crippen LogP contribution in [0.15, 0.2) is 22.7 Å². The highest BCUT2D eigenvalue weighted by molar-refractivity contribution is 9.10. The van der Waals surface area contributed by atoms with Gasteiger partial charge in [-0.1, -0.05) is 28.9 Å². The topological polar surface area (TPSA) is 78.4 Å². The number of carbonyl (C=O) groups is 2. The average Bonchev–Trinajstić information content (AvgIpc) is 2.42. The molecule has 0 aliphatic heterocycles. The van der Waals surface area contributed by atoms with E-state index in [-0.39, 0.29) is 6.54 Å². The van der Waals surface area contributed by atoms with Crippen molar-refractivity contribution in [1.29, 1.82) is 0 Å². The molecule has 0 aliphatic carbocycles. The Hall–Kier alpha value is -1.40. The van der Waals surface area contributed by atoms with Crippen LogP contribution >= 0.6 is 15.9 Å². The molecule has 0 aromatic heterocycles. The van der Waals surface area contributed by atoms with Gasteiger partial charge < -0.3 is 15.7 Å². The van der Waals surface area contributed by atoms with Crippen LogP contribution in [0.25, 0.3) is 0 Å². The van der Waals surface area contributed by atoms with E-state index in [9.17, 15) is 14.7 Å². The molecule has 2 amide bonds. The van der Waals surface area contributed by atoms with Crippen molar-refractivity contribution in [3.05, 3.63) is 28.2 Å². The molecule has 6 heteroatoms. The molecule has 3 N–H and O–H groups in total. The number of anilines is 1. The van der Waals surface area contributed by atoms with Crippen molar-refractivity contribution in [2.75, 3.05) is 11.9 Å². The molecule has 110 valence electrons. The smallest absolute Gasteiger partial charge is 0.313 e. The zero-order chi connectivity index (χ0) is 15.1. The predicted molar refractivity (Wildman–Crippen MR) is 81.4 cm³/mol. The summed E-state index contributed by atoms with van der Waals surface area (Å²) in [5.41, 5.74) is 1.59. The maximum absolute atomic E-state index is 11.7. The van der Waals surface area contributed by atoms with Crippen molar-refractivity contribution in [2.45, 2.75) is 32.8 Å². The van der Waals surface area contributed by atoms with Crippen molar-refractivity contribution in [1.82, 2.24) is 5.32 Å². The minimum absolute atomic E-state index is 0.277. The summed E-state index contributed by atoms with van der Waals surface area (Å²) in [5, 5.41) is 14.3. The molecule has 1 atom stereocenters. The summed E-state index contributed by atoms with van der Waals surface area (Å²) in [5.74, 6) is -1.42. The molecule has 0 saturated carbocycles. The van der Waals surface area contributed by atoms with Crippen LogP contribution < -0.4 is 10.6 Å². The Balaban J connectivity index is 2.45. The first-order valence-corrected chi connectivity index (χ1v) is 7.26. The van der Waals surface area contributed by atoms with Crippen LogP contribution in [0.3, 0.4) is 0 Å². The van der Waals surface area contributed by atoms with Gasteiger partial charge in [-0.05, 0) is 37.5 Å². The Morgan fingerprint density at radius 3 is 2.65 bits per heavy atom. The minimum Gasteiger partial charge on any atom is -0.393 e. The number of aryl methyl sites for hydroxylation is 1. The fourth-order valence-corrected chi connectivity index (χ4v) is 1.87. The largest absolute Gasteiger partial charge is 0.393 e. The van der Waals surface area contributed by atoms with E-state index in [1.807, 2.05) is 19.9 Å². The maximum atomic E-state index is 11.7. The Morgan fingerprint density at radius 1 is 1.35 bits per heavy atom. The van der Waals surface area contributed by atoms with Gasteiger partial charge in [-0.15, -0.1) is 0 Å². The third-order valence-corrected chi connectivity index (χ3v) is 3.72. The number of amides is 2. The zero-order valence-electron chi connectivity index (χ0n) is 11.6. The molecule has 1 rings (SSSR count). The highest BCUT2D eigenvalue weighted by atomic mass is 79.9. The molecule has 0 bridgehead atoms. The molecular formula is C14H19BrN2O3. The molecule has 1 unspecified atom stereocenters. The van der Waals surface area contributed by atoms with E-state index in [1.165, 1.54) is 0 Å². The van der Waals surface area contributed by atoms with E-state index < -0.39 is 17.9 Å². The van der Waals surface area contributed by atoms with Gasteiger partial charge in [0.1, 0.15) is 0 Å². The summed E-state index contributed by atoms with van der Waals surface area (Å²) in [6.45, 7) is 4.06. The SMILES string of the molecule is CCC(O)CCNC(=O)C(=O)Nc1ccc(C)c(Br)c1. The lowest BCUT2D eigenvalue weighted by Gasteiger charge is -2.09. The first-order valence-electron chi connectivity index (χ1n) is 6.47. The molecule has 1 aromatic rings. The van der Waals surface area contributed by atoms with E-state index in [2.05, 4.69) is 26.6 Å². The molecule has 0 heterocycles. The number of rotatable bonds is 5. The summed E-state index contributed by atoms with van der Waals surface area (Å²) in [4.78, 5) is 23.2. The van der Waals surface area contributed by atoms with Gasteiger partial charge in [-0.3, -0.25) is 9.59 Å². The Bertz CT molecular complexity index is 491. The lowest BCUT2D eigenvalue weighted by atomic mass is 10.2. The van der Waals surface area contributed by atoms with Gasteiger partial charge in [0.25, 0.3) is 0 Å². The zero-order valence-corrected chi connectivity index (χ0v) is 13.2. The number of hydrogen-bond acceptors (Lipinski definition) is 3. The normalized spacial score (nSPS) is 11.8. The van der Waals surface area contributed by atoms with E-state index in [0.29, 0.717) is 18.5 Å². The van der Waals surface area contributed by atoms with Crippen molar-refractivity contribution in [3.63, 3.8) is 0 Å². The number of halogens is 1. The van der Waals surface area contributed by atoms with Crippen LogP contribution in [0.5, 0.6) is 0 Å². The third kappa shape index (κ3) is 5.30. The van der Waals surface area contributed by atoms with Crippen molar-refractivity contribution < 1.29 is 14.7 Å². The summed E-state index contributed by atoms with van der Waals surface area (Å²) in [6.07, 6.45) is 0.608. The predicted octanol–water partition coefficient (Wildman–Crippen LogP) is 1.97. The maximum Gasteiger partial charge on any atom is 0.313 e. The van der Waals surface area contributed by atoms with Crippen LogP contribution in [0.1, 0.15) is 25.3 Å². The second-order valence-corrected chi connectivity index (χ2v) is 5.38. The Morgan fingerprint density at radius 2 is 2.05 bits per heavy atom. The summed E-state index contributed by atoms with van der Waals surface area (Å²) in [6, 6.07) is 5.31. The standard InChI is InChI=1S/C14H19BrN2O3/c1-3-11(18)6-7-16-13(19)14(20)17-10-5-4-9(2)12(15)8-10/h4-5,8,11,18H,3,6-7H2,1-2H3,(H,16,19)(H,17,20). The monoisotopic (exact) mass is 342 g/mol. The van der Waals surface area contributed by atoms with E-state index in [4.69, 9.17) is 0 Å². The van der Waals surface area contributed by atoms with Gasteiger partial charge in [0.2, 0.25) is 0 Å². The molecule has 0 saturated heterocycles. The van der Waals surface area contributed by atoms with Crippen molar-refractivity contribution in [3.8, 4) is 0 Å². The molecule has 1 aromatic carbocycles. The lowest BCUT2D eigenvalue weighted by Crippen LogP contribution is -2.36. The molecule has 5 nitrogen and oxygen atoms in total. The minimum atomic E-state index is -0.716. The summed E-state index contributed by atoms with van der Waals surface area (Å²) < 4.78 is 0.863. The number of aliphatic hydroxyl groups excluding tert-OH is 1. The molecule has 0 fully saturated rings. The van der Waals surface area contributed by atoms with Crippen LogP contribution in [0, 0.1) is 6.92 Å². The van der Waals surface area contributed by atoms with Crippen LogP contribution in [-0.2, 0) is 9.59 Å². The van der Waals surface area contributed by atoms with Gasteiger partial charge in [-0.25, -0.2) is 0 Å². The van der Waals surface area contributed by atoms with E-state index in [1.54, 1.807) is 12.1 Å². The molecular weight excluding hydrogens is 324 g/mol. The molecule has 0 aliphatic rings. The van der Waals surface area contributed by atoms with Crippen LogP contribution in [0.4, 0.5) is 5.69 Å². The molecule has 0 radical (unpaired) electrons. The van der Waals surface area contributed by atoms with Gasteiger partial charge in [0.15, 0.2) is 0 Å². The molecule has 20 heavy (non-hydrogen) atoms. The highest BCUT2D eigenvalue weighted by Gasteiger charge is 2.14. The number of benzene rings is 1. The highest BCUT2D eigenvalue weighted by Crippen LogP contribution is 2.20. The number of hydrogen-bond donors (Lipinski definition) is 3. The number of nitrogens with one attached hydrogen (secondary N) is 2. The van der Waals surface area contributed by atoms with Crippen LogP contribution in [0.2, 0.25) is 0 Å². The Labute approximate surface area is 126 Å². The van der Waals surface area contributed by atoms with Gasteiger partial charge in [0, 0.05) is 16.7 Å². The van der Waals surface area contributed by atoms with Crippen LogP contribution in [-0.4, -0.2) is 29.6 Å². The lowest BCUT2D eigenvalue weighted by molar-refractivity contribution is -0.136. The first-order chi connectivity index (χ1) is 9.43. The van der Waals surface area contributed by atoms with E-state index in [0.717, 1.165) is 10.0 Å². The number of aliphatic hydroxyl groups is 1. The third-order valence-electron chi connectivity index (χ3n) is 2.87. The van der Waals surface area contributed by atoms with Crippen molar-refractivity contribution in [2.24, 2.45) is 0 Å². The first kappa shape index (κ1) is 16.7. The molecule has 0 spiro atoms. The second-order valence-electron chi connectivity index (χ2n) is 4.52. The average molecular weight is 343 g/mol. The van der Waals surface area contributed by atoms with Gasteiger partial charge in [-0.2, -0.15) is 0 Å². The number of carbonyl (C=O) groups excluding carboxylic acids is 2. The van der Waals surface area contributed by atoms with Gasteiger partial charge >= 0.3 is 11.8 Å². The Kier molecular flexibility index (Phi) is 6.67.